The molecule has 0 saturated carbocycles. The van der Waals surface area contributed by atoms with E-state index < -0.39 is 6.04 Å². The van der Waals surface area contributed by atoms with Crippen molar-refractivity contribution in [1.82, 2.24) is 15.1 Å². The lowest BCUT2D eigenvalue weighted by Gasteiger charge is -2.28. The second-order valence-corrected chi connectivity index (χ2v) is 8.00. The molecule has 3 unspecified atom stereocenters. The molecule has 0 fully saturated rings. The van der Waals surface area contributed by atoms with E-state index in [2.05, 4.69) is 17.5 Å². The lowest BCUT2D eigenvalue weighted by Crippen LogP contribution is -2.43. The monoisotopic (exact) mass is 413 g/mol. The van der Waals surface area contributed by atoms with Gasteiger partial charge in [-0.2, -0.15) is 0 Å². The number of nitrogens with zero attached hydrogens (tertiary/aromatic N) is 2. The van der Waals surface area contributed by atoms with Crippen LogP contribution in [0.3, 0.4) is 0 Å². The second-order valence-electron chi connectivity index (χ2n) is 8.00. The van der Waals surface area contributed by atoms with E-state index in [1.807, 2.05) is 90.8 Å². The second kappa shape index (κ2) is 9.04. The van der Waals surface area contributed by atoms with Crippen molar-refractivity contribution in [2.24, 2.45) is 5.92 Å². The normalized spacial score (nSPS) is 20.1. The Balaban J connectivity index is 1.54. The molecule has 3 atom stereocenters. The zero-order valence-electron chi connectivity index (χ0n) is 17.8. The number of hydrogen-bond acceptors (Lipinski definition) is 3. The summed E-state index contributed by atoms with van der Waals surface area (Å²) in [5, 5.41) is 2.99. The SMILES string of the molecule is CN(Cc1ccccc1)C(=O)C(NC(=O)C1=CC2C=CC=CC2N1C)c1ccccc1. The molecule has 1 aliphatic carbocycles. The van der Waals surface area contributed by atoms with E-state index in [1.165, 1.54) is 0 Å². The van der Waals surface area contributed by atoms with Crippen molar-refractivity contribution in [3.05, 3.63) is 108 Å². The maximum absolute atomic E-state index is 13.4. The van der Waals surface area contributed by atoms with E-state index >= 15 is 0 Å². The molecule has 1 heterocycles. The van der Waals surface area contributed by atoms with Gasteiger partial charge in [0, 0.05) is 26.6 Å². The summed E-state index contributed by atoms with van der Waals surface area (Å²) in [6.45, 7) is 0.473. The number of benzene rings is 2. The quantitative estimate of drug-likeness (QED) is 0.789. The molecule has 2 aromatic rings. The average Bonchev–Trinajstić information content (AvgIpc) is 3.15. The highest BCUT2D eigenvalue weighted by molar-refractivity contribution is 5.97. The van der Waals surface area contributed by atoms with Crippen molar-refractivity contribution in [1.29, 1.82) is 0 Å². The van der Waals surface area contributed by atoms with Gasteiger partial charge in [0.15, 0.2) is 0 Å². The summed E-state index contributed by atoms with van der Waals surface area (Å²) in [6, 6.07) is 18.6. The molecular weight excluding hydrogens is 386 g/mol. The number of hydrogen-bond donors (Lipinski definition) is 1. The first-order valence-electron chi connectivity index (χ1n) is 10.5. The van der Waals surface area contributed by atoms with E-state index in [4.69, 9.17) is 0 Å². The number of carbonyl (C=O) groups is 2. The van der Waals surface area contributed by atoms with E-state index in [1.54, 1.807) is 11.9 Å². The average molecular weight is 414 g/mol. The summed E-state index contributed by atoms with van der Waals surface area (Å²) in [5.74, 6) is -0.224. The van der Waals surface area contributed by atoms with Crippen molar-refractivity contribution in [2.45, 2.75) is 18.6 Å². The van der Waals surface area contributed by atoms with Crippen molar-refractivity contribution in [3.63, 3.8) is 0 Å². The smallest absolute Gasteiger partial charge is 0.268 e. The fourth-order valence-corrected chi connectivity index (χ4v) is 4.14. The molecule has 2 aromatic carbocycles. The predicted octanol–water partition coefficient (Wildman–Crippen LogP) is 3.44. The fourth-order valence-electron chi connectivity index (χ4n) is 4.14. The molecule has 2 aliphatic rings. The molecule has 0 bridgehead atoms. The van der Waals surface area contributed by atoms with Crippen molar-refractivity contribution in [2.75, 3.05) is 14.1 Å². The lowest BCUT2D eigenvalue weighted by molar-refractivity contribution is -0.135. The molecule has 0 aromatic heterocycles. The first-order valence-corrected chi connectivity index (χ1v) is 10.5. The van der Waals surface area contributed by atoms with Gasteiger partial charge in [0.05, 0.1) is 11.7 Å². The van der Waals surface area contributed by atoms with Crippen molar-refractivity contribution in [3.8, 4) is 0 Å². The summed E-state index contributed by atoms with van der Waals surface area (Å²) >= 11 is 0. The Hall–Kier alpha value is -3.60. The van der Waals surface area contributed by atoms with Crippen LogP contribution in [0, 0.1) is 5.92 Å². The Bertz CT molecular complexity index is 1030. The Morgan fingerprint density at radius 1 is 1.00 bits per heavy atom. The fraction of sp³-hybridized carbons (Fsp3) is 0.231. The number of amides is 2. The van der Waals surface area contributed by atoms with Crippen LogP contribution in [0.25, 0.3) is 0 Å². The maximum atomic E-state index is 13.4. The Labute approximate surface area is 183 Å². The molecule has 1 N–H and O–H groups in total. The number of allylic oxidation sites excluding steroid dienone is 2. The first kappa shape index (κ1) is 20.7. The minimum absolute atomic E-state index is 0.136. The topological polar surface area (TPSA) is 52.7 Å². The summed E-state index contributed by atoms with van der Waals surface area (Å²) in [4.78, 5) is 30.2. The molecular formula is C26H27N3O2. The summed E-state index contributed by atoms with van der Waals surface area (Å²) in [5.41, 5.74) is 2.39. The van der Waals surface area contributed by atoms with Crippen LogP contribution in [0.15, 0.2) is 96.7 Å². The molecule has 5 heteroatoms. The zero-order chi connectivity index (χ0) is 21.8. The molecule has 0 spiro atoms. The van der Waals surface area contributed by atoms with Crippen molar-refractivity contribution >= 4 is 11.8 Å². The van der Waals surface area contributed by atoms with E-state index in [0.29, 0.717) is 12.2 Å². The minimum Gasteiger partial charge on any atom is -0.363 e. The number of rotatable bonds is 6. The van der Waals surface area contributed by atoms with Gasteiger partial charge >= 0.3 is 0 Å². The molecule has 158 valence electrons. The molecule has 5 nitrogen and oxygen atoms in total. The van der Waals surface area contributed by atoms with Gasteiger partial charge in [-0.15, -0.1) is 0 Å². The number of carbonyl (C=O) groups excluding carboxylic acids is 2. The largest absolute Gasteiger partial charge is 0.363 e. The van der Waals surface area contributed by atoms with E-state index in [0.717, 1.165) is 11.1 Å². The molecule has 31 heavy (non-hydrogen) atoms. The minimum atomic E-state index is -0.759. The van der Waals surface area contributed by atoms with Crippen LogP contribution in [0.1, 0.15) is 17.2 Å². The summed E-state index contributed by atoms with van der Waals surface area (Å²) < 4.78 is 0. The Morgan fingerprint density at radius 3 is 2.32 bits per heavy atom. The van der Waals surface area contributed by atoms with Crippen molar-refractivity contribution < 1.29 is 9.59 Å². The summed E-state index contributed by atoms with van der Waals surface area (Å²) in [7, 11) is 3.68. The standard InChI is InChI=1S/C26H27N3O2/c1-28(18-19-11-5-3-6-12-19)26(31)24(20-13-7-4-8-14-20)27-25(30)23-17-21-15-9-10-16-22(21)29(23)2/h3-17,21-22,24H,18H2,1-2H3,(H,27,30). The van der Waals surface area contributed by atoms with Gasteiger partial charge in [-0.05, 0) is 17.2 Å². The summed E-state index contributed by atoms with van der Waals surface area (Å²) in [6.07, 6.45) is 10.2. The Morgan fingerprint density at radius 2 is 1.65 bits per heavy atom. The van der Waals surface area contributed by atoms with Crippen LogP contribution >= 0.6 is 0 Å². The van der Waals surface area contributed by atoms with Gasteiger partial charge < -0.3 is 15.1 Å². The maximum Gasteiger partial charge on any atom is 0.268 e. The van der Waals surface area contributed by atoms with Crippen LogP contribution < -0.4 is 5.32 Å². The number of nitrogens with one attached hydrogen (secondary N) is 1. The van der Waals surface area contributed by atoms with Gasteiger partial charge in [-0.1, -0.05) is 85.0 Å². The van der Waals surface area contributed by atoms with E-state index in [-0.39, 0.29) is 23.8 Å². The van der Waals surface area contributed by atoms with Gasteiger partial charge in [0.1, 0.15) is 6.04 Å². The highest BCUT2D eigenvalue weighted by Crippen LogP contribution is 2.30. The van der Waals surface area contributed by atoms with Crippen LogP contribution in [0.2, 0.25) is 0 Å². The highest BCUT2D eigenvalue weighted by Gasteiger charge is 2.35. The van der Waals surface area contributed by atoms with Gasteiger partial charge in [-0.25, -0.2) is 0 Å². The van der Waals surface area contributed by atoms with Gasteiger partial charge in [0.25, 0.3) is 5.91 Å². The van der Waals surface area contributed by atoms with Crippen LogP contribution in [0.5, 0.6) is 0 Å². The third kappa shape index (κ3) is 4.45. The molecule has 1 aliphatic heterocycles. The highest BCUT2D eigenvalue weighted by atomic mass is 16.2. The first-order chi connectivity index (χ1) is 15.0. The lowest BCUT2D eigenvalue weighted by atomic mass is 9.97. The van der Waals surface area contributed by atoms with Gasteiger partial charge in [-0.3, -0.25) is 9.59 Å². The van der Waals surface area contributed by atoms with Gasteiger partial charge in [0.2, 0.25) is 5.91 Å². The molecule has 0 radical (unpaired) electrons. The predicted molar refractivity (Wildman–Crippen MR) is 122 cm³/mol. The number of likely N-dealkylation sites (N-methyl/N-ethyl adjacent to an activating group) is 2. The van der Waals surface area contributed by atoms with E-state index in [9.17, 15) is 9.59 Å². The third-order valence-corrected chi connectivity index (χ3v) is 5.85. The molecule has 2 amide bonds. The van der Waals surface area contributed by atoms with Crippen LogP contribution in [-0.4, -0.2) is 41.8 Å². The number of fused-ring (bicyclic) bond motifs is 1. The van der Waals surface area contributed by atoms with Crippen LogP contribution in [-0.2, 0) is 16.1 Å². The molecule has 4 rings (SSSR count). The van der Waals surface area contributed by atoms with Crippen LogP contribution in [0.4, 0.5) is 0 Å². The zero-order valence-corrected chi connectivity index (χ0v) is 17.8. The molecule has 0 saturated heterocycles. The third-order valence-electron chi connectivity index (χ3n) is 5.85. The Kier molecular flexibility index (Phi) is 6.03.